The smallest absolute Gasteiger partial charge is 0.172 e. The van der Waals surface area contributed by atoms with Crippen molar-refractivity contribution in [3.8, 4) is 0 Å². The van der Waals surface area contributed by atoms with Crippen molar-refractivity contribution in [1.29, 1.82) is 5.41 Å². The first kappa shape index (κ1) is 12.2. The summed E-state index contributed by atoms with van der Waals surface area (Å²) in [6.45, 7) is 0. The Bertz CT molecular complexity index is 564. The van der Waals surface area contributed by atoms with Crippen LogP contribution in [0, 0.1) is 5.41 Å². The second-order valence-corrected chi connectivity index (χ2v) is 5.40. The van der Waals surface area contributed by atoms with Crippen LogP contribution in [-0.2, 0) is 7.05 Å². The molecule has 0 fully saturated rings. The minimum atomic E-state index is 0.0583. The fourth-order valence-corrected chi connectivity index (χ4v) is 2.64. The highest BCUT2D eigenvalue weighted by molar-refractivity contribution is 9.10. The van der Waals surface area contributed by atoms with E-state index in [-0.39, 0.29) is 5.84 Å². The fourth-order valence-electron chi connectivity index (χ4n) is 1.35. The molecule has 0 unspecified atom stereocenters. The zero-order valence-electron chi connectivity index (χ0n) is 9.14. The summed E-state index contributed by atoms with van der Waals surface area (Å²) in [7, 11) is 1.93. The molecule has 0 saturated heterocycles. The number of nitrogens with one attached hydrogen (secondary N) is 1. The Morgan fingerprint density at radius 1 is 1.53 bits per heavy atom. The Morgan fingerprint density at radius 3 is 2.88 bits per heavy atom. The molecule has 88 valence electrons. The molecule has 0 radical (unpaired) electrons. The molecule has 0 amide bonds. The molecule has 0 atom stereocenters. The molecule has 1 aromatic carbocycles. The third-order valence-electron chi connectivity index (χ3n) is 2.21. The molecule has 1 aromatic heterocycles. The lowest BCUT2D eigenvalue weighted by molar-refractivity contribution is 0.790. The molecule has 0 bridgehead atoms. The maximum absolute atomic E-state index is 7.57. The highest BCUT2D eigenvalue weighted by Gasteiger charge is 2.10. The van der Waals surface area contributed by atoms with E-state index >= 15 is 0 Å². The Morgan fingerprint density at radius 2 is 2.29 bits per heavy atom. The first-order chi connectivity index (χ1) is 8.08. The molecule has 0 aliphatic heterocycles. The summed E-state index contributed by atoms with van der Waals surface area (Å²) in [6.07, 6.45) is 3.63. The van der Waals surface area contributed by atoms with Crippen molar-refractivity contribution in [1.82, 2.24) is 9.55 Å². The van der Waals surface area contributed by atoms with Gasteiger partial charge in [0.15, 0.2) is 5.16 Å². The van der Waals surface area contributed by atoms with Gasteiger partial charge in [-0.2, -0.15) is 0 Å². The number of aryl methyl sites for hydroxylation is 1. The van der Waals surface area contributed by atoms with Crippen LogP contribution in [0.3, 0.4) is 0 Å². The summed E-state index contributed by atoms with van der Waals surface area (Å²) in [5.41, 5.74) is 6.29. The molecule has 0 spiro atoms. The monoisotopic (exact) mass is 310 g/mol. The van der Waals surface area contributed by atoms with Gasteiger partial charge in [-0.15, -0.1) is 0 Å². The van der Waals surface area contributed by atoms with Gasteiger partial charge in [-0.25, -0.2) is 4.98 Å². The number of hydrogen-bond donors (Lipinski definition) is 2. The van der Waals surface area contributed by atoms with Gasteiger partial charge in [0.1, 0.15) is 5.84 Å². The summed E-state index contributed by atoms with van der Waals surface area (Å²) in [5, 5.41) is 8.44. The van der Waals surface area contributed by atoms with Crippen LogP contribution in [-0.4, -0.2) is 15.4 Å². The maximum Gasteiger partial charge on any atom is 0.172 e. The van der Waals surface area contributed by atoms with Gasteiger partial charge in [-0.05, 0) is 18.2 Å². The van der Waals surface area contributed by atoms with E-state index in [1.54, 1.807) is 6.20 Å². The zero-order valence-corrected chi connectivity index (χ0v) is 11.5. The van der Waals surface area contributed by atoms with Gasteiger partial charge in [0.05, 0.1) is 0 Å². The SMILES string of the molecule is Cn1ccnc1Sc1ccc(Br)cc1C(=N)N. The number of imidazole rings is 1. The third kappa shape index (κ3) is 2.70. The quantitative estimate of drug-likeness (QED) is 0.676. The Hall–Kier alpha value is -1.27. The van der Waals surface area contributed by atoms with Crippen molar-refractivity contribution >= 4 is 33.5 Å². The molecule has 1 heterocycles. The zero-order chi connectivity index (χ0) is 12.4. The van der Waals surface area contributed by atoms with Gasteiger partial charge in [0.25, 0.3) is 0 Å². The maximum atomic E-state index is 7.57. The first-order valence-corrected chi connectivity index (χ1v) is 6.48. The van der Waals surface area contributed by atoms with Crippen LogP contribution in [0.4, 0.5) is 0 Å². The van der Waals surface area contributed by atoms with Crippen LogP contribution in [0.5, 0.6) is 0 Å². The van der Waals surface area contributed by atoms with Gasteiger partial charge in [-0.1, -0.05) is 27.7 Å². The lowest BCUT2D eigenvalue weighted by atomic mass is 10.2. The van der Waals surface area contributed by atoms with Crippen molar-refractivity contribution in [2.24, 2.45) is 12.8 Å². The molecular formula is C11H11BrN4S. The predicted octanol–water partition coefficient (Wildman–Crippen LogP) is 2.62. The van der Waals surface area contributed by atoms with Gasteiger partial charge >= 0.3 is 0 Å². The Kier molecular flexibility index (Phi) is 3.54. The van der Waals surface area contributed by atoms with Crippen LogP contribution in [0.2, 0.25) is 0 Å². The summed E-state index contributed by atoms with van der Waals surface area (Å²) in [6, 6.07) is 5.70. The fraction of sp³-hybridized carbons (Fsp3) is 0.0909. The molecule has 2 aromatic rings. The molecule has 17 heavy (non-hydrogen) atoms. The number of nitrogens with two attached hydrogens (primary N) is 1. The highest BCUT2D eigenvalue weighted by atomic mass is 79.9. The van der Waals surface area contributed by atoms with E-state index in [2.05, 4.69) is 20.9 Å². The van der Waals surface area contributed by atoms with Gasteiger partial charge in [0.2, 0.25) is 0 Å². The molecule has 0 aliphatic rings. The number of aromatic nitrogens is 2. The molecular weight excluding hydrogens is 300 g/mol. The van der Waals surface area contributed by atoms with E-state index in [9.17, 15) is 0 Å². The average Bonchev–Trinajstić information content (AvgIpc) is 2.67. The molecule has 0 saturated carbocycles. The standard InChI is InChI=1S/C11H11BrN4S/c1-16-5-4-15-11(16)17-9-3-2-7(12)6-8(9)10(13)14/h2-6H,1H3,(H3,13,14). The van der Waals surface area contributed by atoms with Crippen LogP contribution in [0.25, 0.3) is 0 Å². The van der Waals surface area contributed by atoms with Crippen molar-refractivity contribution in [3.05, 3.63) is 40.6 Å². The van der Waals surface area contributed by atoms with Gasteiger partial charge < -0.3 is 10.3 Å². The van der Waals surface area contributed by atoms with E-state index in [0.717, 1.165) is 14.5 Å². The molecule has 2 rings (SSSR count). The normalized spacial score (nSPS) is 10.5. The number of nitrogens with zero attached hydrogens (tertiary/aromatic N) is 2. The number of nitrogen functional groups attached to an aromatic ring is 1. The molecule has 6 heteroatoms. The van der Waals surface area contributed by atoms with Crippen molar-refractivity contribution in [3.63, 3.8) is 0 Å². The summed E-state index contributed by atoms with van der Waals surface area (Å²) >= 11 is 4.87. The Labute approximate surface area is 112 Å². The van der Waals surface area contributed by atoms with Crippen molar-refractivity contribution in [2.75, 3.05) is 0 Å². The third-order valence-corrected chi connectivity index (χ3v) is 3.86. The van der Waals surface area contributed by atoms with E-state index < -0.39 is 0 Å². The second-order valence-electron chi connectivity index (χ2n) is 3.48. The summed E-state index contributed by atoms with van der Waals surface area (Å²) in [4.78, 5) is 5.16. The number of halogens is 1. The lowest BCUT2D eigenvalue weighted by Crippen LogP contribution is -2.12. The average molecular weight is 311 g/mol. The second kappa shape index (κ2) is 4.93. The highest BCUT2D eigenvalue weighted by Crippen LogP contribution is 2.30. The molecule has 4 nitrogen and oxygen atoms in total. The van der Waals surface area contributed by atoms with Crippen molar-refractivity contribution < 1.29 is 0 Å². The molecule has 0 aliphatic carbocycles. The van der Waals surface area contributed by atoms with Crippen LogP contribution in [0.15, 0.2) is 45.1 Å². The van der Waals surface area contributed by atoms with E-state index in [1.807, 2.05) is 36.0 Å². The van der Waals surface area contributed by atoms with Crippen LogP contribution in [0.1, 0.15) is 5.56 Å². The van der Waals surface area contributed by atoms with Crippen LogP contribution >= 0.6 is 27.7 Å². The number of benzene rings is 1. The van der Waals surface area contributed by atoms with Crippen molar-refractivity contribution in [2.45, 2.75) is 10.1 Å². The summed E-state index contributed by atoms with van der Waals surface area (Å²) < 4.78 is 2.84. The Balaban J connectivity index is 2.39. The first-order valence-electron chi connectivity index (χ1n) is 4.87. The minimum absolute atomic E-state index is 0.0583. The van der Waals surface area contributed by atoms with E-state index in [0.29, 0.717) is 5.56 Å². The summed E-state index contributed by atoms with van der Waals surface area (Å²) in [5.74, 6) is 0.0583. The largest absolute Gasteiger partial charge is 0.384 e. The topological polar surface area (TPSA) is 67.7 Å². The number of rotatable bonds is 3. The lowest BCUT2D eigenvalue weighted by Gasteiger charge is -2.08. The predicted molar refractivity (Wildman–Crippen MR) is 72.5 cm³/mol. The van der Waals surface area contributed by atoms with Gasteiger partial charge in [0, 0.05) is 34.4 Å². The van der Waals surface area contributed by atoms with Gasteiger partial charge in [-0.3, -0.25) is 5.41 Å². The van der Waals surface area contributed by atoms with E-state index in [4.69, 9.17) is 11.1 Å². The minimum Gasteiger partial charge on any atom is -0.384 e. The number of hydrogen-bond acceptors (Lipinski definition) is 3. The molecule has 3 N–H and O–H groups in total. The van der Waals surface area contributed by atoms with E-state index in [1.165, 1.54) is 11.8 Å². The number of amidine groups is 1. The van der Waals surface area contributed by atoms with Crippen LogP contribution < -0.4 is 5.73 Å².